The molecule has 0 atom stereocenters. The van der Waals surface area contributed by atoms with Gasteiger partial charge in [-0.3, -0.25) is 4.98 Å². The predicted molar refractivity (Wildman–Crippen MR) is 103 cm³/mol. The van der Waals surface area contributed by atoms with Crippen LogP contribution >= 0.6 is 0 Å². The Labute approximate surface area is 147 Å². The van der Waals surface area contributed by atoms with E-state index in [4.69, 9.17) is 4.74 Å². The predicted octanol–water partition coefficient (Wildman–Crippen LogP) is 5.14. The third-order valence-electron chi connectivity index (χ3n) is 4.85. The van der Waals surface area contributed by atoms with Crippen LogP contribution in [0, 0.1) is 6.92 Å². The Balaban J connectivity index is 1.76. The van der Waals surface area contributed by atoms with Gasteiger partial charge in [0.15, 0.2) is 0 Å². The summed E-state index contributed by atoms with van der Waals surface area (Å²) in [6.07, 6.45) is 4.06. The minimum Gasteiger partial charge on any atom is -0.497 e. The van der Waals surface area contributed by atoms with Crippen molar-refractivity contribution < 1.29 is 4.74 Å². The third-order valence-corrected chi connectivity index (χ3v) is 4.85. The molecule has 2 aromatic carbocycles. The Morgan fingerprint density at radius 3 is 2.64 bits per heavy atom. The van der Waals surface area contributed by atoms with Crippen molar-refractivity contribution >= 4 is 21.8 Å². The molecule has 0 fully saturated rings. The van der Waals surface area contributed by atoms with Gasteiger partial charge in [-0.05, 0) is 43.5 Å². The number of methoxy groups -OCH3 is 1. The Bertz CT molecular complexity index is 1020. The number of nitrogens with zero attached hydrogens (tertiary/aromatic N) is 2. The molecule has 4 aromatic rings. The largest absolute Gasteiger partial charge is 0.497 e. The van der Waals surface area contributed by atoms with Crippen molar-refractivity contribution in [2.75, 3.05) is 7.11 Å². The average Bonchev–Trinajstić information content (AvgIpc) is 2.97. The first kappa shape index (κ1) is 15.7. The van der Waals surface area contributed by atoms with Gasteiger partial charge in [0.2, 0.25) is 0 Å². The maximum absolute atomic E-state index is 5.45. The van der Waals surface area contributed by atoms with E-state index in [1.807, 2.05) is 12.3 Å². The van der Waals surface area contributed by atoms with Crippen LogP contribution in [0.1, 0.15) is 17.7 Å². The second kappa shape index (κ2) is 6.60. The molecule has 0 amide bonds. The first-order valence-corrected chi connectivity index (χ1v) is 8.73. The molecule has 0 spiro atoms. The summed E-state index contributed by atoms with van der Waals surface area (Å²) in [5.74, 6) is 0.894. The molecular weight excluding hydrogens is 308 g/mol. The highest BCUT2D eigenvalue weighted by atomic mass is 16.5. The van der Waals surface area contributed by atoms with Crippen LogP contribution in [0.5, 0.6) is 5.75 Å². The molecule has 2 heterocycles. The fraction of sp³-hybridized carbons (Fsp3) is 0.227. The first-order valence-electron chi connectivity index (χ1n) is 8.73. The number of benzene rings is 2. The van der Waals surface area contributed by atoms with Crippen molar-refractivity contribution in [3.8, 4) is 5.75 Å². The minimum atomic E-state index is 0.894. The molecule has 0 saturated heterocycles. The second-order valence-electron chi connectivity index (χ2n) is 6.42. The van der Waals surface area contributed by atoms with Gasteiger partial charge in [-0.1, -0.05) is 30.3 Å². The number of pyridine rings is 1. The summed E-state index contributed by atoms with van der Waals surface area (Å²) in [6, 6.07) is 19.1. The zero-order valence-corrected chi connectivity index (χ0v) is 14.7. The van der Waals surface area contributed by atoms with Crippen LogP contribution < -0.4 is 4.74 Å². The molecule has 126 valence electrons. The van der Waals surface area contributed by atoms with Crippen LogP contribution in [0.2, 0.25) is 0 Å². The van der Waals surface area contributed by atoms with Crippen LogP contribution in [0.4, 0.5) is 0 Å². The lowest BCUT2D eigenvalue weighted by atomic mass is 10.1. The fourth-order valence-corrected chi connectivity index (χ4v) is 3.64. The third kappa shape index (κ3) is 2.86. The maximum Gasteiger partial charge on any atom is 0.120 e. The lowest BCUT2D eigenvalue weighted by molar-refractivity contribution is 0.415. The molecule has 2 aromatic heterocycles. The van der Waals surface area contributed by atoms with E-state index >= 15 is 0 Å². The topological polar surface area (TPSA) is 27.1 Å². The van der Waals surface area contributed by atoms with Crippen molar-refractivity contribution in [1.82, 2.24) is 9.55 Å². The van der Waals surface area contributed by atoms with Crippen molar-refractivity contribution in [3.63, 3.8) is 0 Å². The molecule has 0 aliphatic carbocycles. The first-order chi connectivity index (χ1) is 12.3. The molecule has 0 N–H and O–H groups in total. The summed E-state index contributed by atoms with van der Waals surface area (Å²) in [5.41, 5.74) is 4.92. The van der Waals surface area contributed by atoms with E-state index in [9.17, 15) is 0 Å². The maximum atomic E-state index is 5.45. The quantitative estimate of drug-likeness (QED) is 0.506. The Morgan fingerprint density at radius 2 is 1.84 bits per heavy atom. The van der Waals surface area contributed by atoms with Gasteiger partial charge in [0, 0.05) is 29.6 Å². The smallest absolute Gasteiger partial charge is 0.120 e. The Kier molecular flexibility index (Phi) is 4.14. The lowest BCUT2D eigenvalue weighted by Crippen LogP contribution is -2.01. The molecule has 0 aliphatic heterocycles. The van der Waals surface area contributed by atoms with Gasteiger partial charge in [-0.2, -0.15) is 0 Å². The molecule has 0 aliphatic rings. The number of fused-ring (bicyclic) bond motifs is 3. The van der Waals surface area contributed by atoms with Crippen molar-refractivity contribution in [1.29, 1.82) is 0 Å². The summed E-state index contributed by atoms with van der Waals surface area (Å²) in [5, 5.41) is 2.53. The monoisotopic (exact) mass is 330 g/mol. The SMILES string of the molecule is COc1ccc2c3ccnc(C)c3n(CCCc3ccccc3)c2c1. The Hall–Kier alpha value is -2.81. The van der Waals surface area contributed by atoms with Gasteiger partial charge in [-0.15, -0.1) is 0 Å². The normalized spacial score (nSPS) is 11.3. The van der Waals surface area contributed by atoms with Crippen molar-refractivity contribution in [2.45, 2.75) is 26.3 Å². The van der Waals surface area contributed by atoms with E-state index in [2.05, 4.69) is 65.0 Å². The molecule has 3 nitrogen and oxygen atoms in total. The fourth-order valence-electron chi connectivity index (χ4n) is 3.64. The number of hydrogen-bond acceptors (Lipinski definition) is 2. The van der Waals surface area contributed by atoms with Gasteiger partial charge in [0.05, 0.1) is 23.8 Å². The zero-order chi connectivity index (χ0) is 17.2. The van der Waals surface area contributed by atoms with Crippen LogP contribution in [0.15, 0.2) is 60.8 Å². The van der Waals surface area contributed by atoms with E-state index in [0.717, 1.165) is 30.8 Å². The van der Waals surface area contributed by atoms with Crippen molar-refractivity contribution in [2.24, 2.45) is 0 Å². The van der Waals surface area contributed by atoms with Gasteiger partial charge in [0.1, 0.15) is 5.75 Å². The molecule has 3 heteroatoms. The van der Waals surface area contributed by atoms with Crippen LogP contribution in [0.3, 0.4) is 0 Å². The highest BCUT2D eigenvalue weighted by Crippen LogP contribution is 2.32. The van der Waals surface area contributed by atoms with Gasteiger partial charge < -0.3 is 9.30 Å². The second-order valence-corrected chi connectivity index (χ2v) is 6.42. The lowest BCUT2D eigenvalue weighted by Gasteiger charge is -2.09. The molecule has 4 rings (SSSR count). The van der Waals surface area contributed by atoms with Crippen molar-refractivity contribution in [3.05, 3.63) is 72.1 Å². The Morgan fingerprint density at radius 1 is 1.00 bits per heavy atom. The van der Waals surface area contributed by atoms with E-state index < -0.39 is 0 Å². The average molecular weight is 330 g/mol. The highest BCUT2D eigenvalue weighted by Gasteiger charge is 2.13. The number of aryl methyl sites for hydroxylation is 3. The van der Waals surface area contributed by atoms with E-state index in [-0.39, 0.29) is 0 Å². The highest BCUT2D eigenvalue weighted by molar-refractivity contribution is 6.09. The summed E-state index contributed by atoms with van der Waals surface area (Å²) in [4.78, 5) is 4.52. The molecule has 25 heavy (non-hydrogen) atoms. The van der Waals surface area contributed by atoms with E-state index in [1.165, 1.54) is 27.4 Å². The van der Waals surface area contributed by atoms with Gasteiger partial charge in [-0.25, -0.2) is 0 Å². The molecule has 0 saturated carbocycles. The molecular formula is C22H22N2O. The summed E-state index contributed by atoms with van der Waals surface area (Å²) in [6.45, 7) is 3.06. The zero-order valence-electron chi connectivity index (χ0n) is 14.7. The van der Waals surface area contributed by atoms with Crippen LogP contribution in [-0.4, -0.2) is 16.7 Å². The summed E-state index contributed by atoms with van der Waals surface area (Å²) in [7, 11) is 1.72. The van der Waals surface area contributed by atoms with Crippen LogP contribution in [-0.2, 0) is 13.0 Å². The molecule has 0 radical (unpaired) electrons. The minimum absolute atomic E-state index is 0.894. The van der Waals surface area contributed by atoms with E-state index in [0.29, 0.717) is 0 Å². The summed E-state index contributed by atoms with van der Waals surface area (Å²) < 4.78 is 7.85. The molecule has 0 bridgehead atoms. The number of rotatable bonds is 5. The van der Waals surface area contributed by atoms with Gasteiger partial charge in [0.25, 0.3) is 0 Å². The number of ether oxygens (including phenoxy) is 1. The molecule has 0 unspecified atom stereocenters. The van der Waals surface area contributed by atoms with E-state index in [1.54, 1.807) is 7.11 Å². The summed E-state index contributed by atoms with van der Waals surface area (Å²) >= 11 is 0. The standard InChI is InChI=1S/C22H22N2O/c1-16-22-20(12-13-23-16)19-11-10-18(25-2)15-21(19)24(22)14-6-9-17-7-4-3-5-8-17/h3-5,7-8,10-13,15H,6,9,14H2,1-2H3. The number of hydrogen-bond donors (Lipinski definition) is 0. The number of aromatic nitrogens is 2. The van der Waals surface area contributed by atoms with Gasteiger partial charge >= 0.3 is 0 Å². The van der Waals surface area contributed by atoms with Crippen LogP contribution in [0.25, 0.3) is 21.8 Å².